The summed E-state index contributed by atoms with van der Waals surface area (Å²) in [5.41, 5.74) is 8.43. The average molecular weight is 266 g/mol. The Labute approximate surface area is 116 Å². The fourth-order valence-electron chi connectivity index (χ4n) is 2.15. The first-order valence-corrected chi connectivity index (χ1v) is 8.04. The van der Waals surface area contributed by atoms with E-state index in [1.54, 1.807) is 0 Å². The lowest BCUT2D eigenvalue weighted by Gasteiger charge is -2.29. The van der Waals surface area contributed by atoms with Gasteiger partial charge in [0.2, 0.25) is 0 Å². The number of benzene rings is 1. The first kappa shape index (κ1) is 15.4. The molecule has 0 fully saturated rings. The molecular weight excluding hydrogens is 240 g/mol. The summed E-state index contributed by atoms with van der Waals surface area (Å²) in [5, 5.41) is 0. The molecule has 0 aliphatic heterocycles. The van der Waals surface area contributed by atoms with Gasteiger partial charge in [0.05, 0.1) is 0 Å². The summed E-state index contributed by atoms with van der Waals surface area (Å²) in [6.07, 6.45) is 4.30. The molecule has 0 amide bonds. The molecule has 1 aromatic rings. The maximum Gasteiger partial charge on any atom is 0.0374 e. The highest BCUT2D eigenvalue weighted by Crippen LogP contribution is 2.20. The second-order valence-electron chi connectivity index (χ2n) is 4.98. The molecule has 2 atom stereocenters. The second kappa shape index (κ2) is 7.70. The van der Waals surface area contributed by atoms with Crippen molar-refractivity contribution in [3.05, 3.63) is 29.8 Å². The van der Waals surface area contributed by atoms with Crippen molar-refractivity contribution in [3.8, 4) is 0 Å². The molecule has 102 valence electrons. The lowest BCUT2D eigenvalue weighted by atomic mass is 10.1. The van der Waals surface area contributed by atoms with Crippen LogP contribution in [0.1, 0.15) is 25.8 Å². The van der Waals surface area contributed by atoms with Crippen LogP contribution in [0.15, 0.2) is 24.3 Å². The topological polar surface area (TPSA) is 29.3 Å². The van der Waals surface area contributed by atoms with E-state index in [0.717, 1.165) is 6.42 Å². The van der Waals surface area contributed by atoms with Crippen LogP contribution in [0.2, 0.25) is 0 Å². The summed E-state index contributed by atoms with van der Waals surface area (Å²) in [6, 6.07) is 9.65. The SMILES string of the molecule is CCC(CSC)N(C)c1ccc(CC(C)N)cc1. The summed E-state index contributed by atoms with van der Waals surface area (Å²) in [5.74, 6) is 1.18. The number of anilines is 1. The lowest BCUT2D eigenvalue weighted by Crippen LogP contribution is -2.33. The van der Waals surface area contributed by atoms with Gasteiger partial charge in [-0.15, -0.1) is 0 Å². The summed E-state index contributed by atoms with van der Waals surface area (Å²) in [4.78, 5) is 2.38. The quantitative estimate of drug-likeness (QED) is 0.822. The first-order chi connectivity index (χ1) is 8.58. The van der Waals surface area contributed by atoms with Crippen LogP contribution in [0.25, 0.3) is 0 Å². The van der Waals surface area contributed by atoms with E-state index in [4.69, 9.17) is 5.73 Å². The zero-order chi connectivity index (χ0) is 13.5. The predicted octanol–water partition coefficient (Wildman–Crippen LogP) is 3.15. The summed E-state index contributed by atoms with van der Waals surface area (Å²) < 4.78 is 0. The van der Waals surface area contributed by atoms with E-state index in [-0.39, 0.29) is 6.04 Å². The molecule has 2 nitrogen and oxygen atoms in total. The zero-order valence-corrected chi connectivity index (χ0v) is 12.8. The lowest BCUT2D eigenvalue weighted by molar-refractivity contribution is 0.673. The minimum Gasteiger partial charge on any atom is -0.371 e. The maximum atomic E-state index is 5.82. The van der Waals surface area contributed by atoms with E-state index in [1.165, 1.54) is 23.4 Å². The van der Waals surface area contributed by atoms with Crippen LogP contribution in [0.3, 0.4) is 0 Å². The maximum absolute atomic E-state index is 5.82. The smallest absolute Gasteiger partial charge is 0.0374 e. The number of nitrogens with zero attached hydrogens (tertiary/aromatic N) is 1. The van der Waals surface area contributed by atoms with E-state index < -0.39 is 0 Å². The van der Waals surface area contributed by atoms with Gasteiger partial charge >= 0.3 is 0 Å². The van der Waals surface area contributed by atoms with Crippen LogP contribution in [-0.2, 0) is 6.42 Å². The van der Waals surface area contributed by atoms with Crippen molar-refractivity contribution < 1.29 is 0 Å². The van der Waals surface area contributed by atoms with Crippen molar-refractivity contribution in [1.29, 1.82) is 0 Å². The molecule has 2 N–H and O–H groups in total. The minimum absolute atomic E-state index is 0.230. The molecule has 0 heterocycles. The fourth-order valence-corrected chi connectivity index (χ4v) is 2.99. The molecule has 1 rings (SSSR count). The Bertz CT molecular complexity index is 335. The summed E-state index contributed by atoms with van der Waals surface area (Å²) in [7, 11) is 2.19. The molecule has 0 aliphatic rings. The van der Waals surface area contributed by atoms with Crippen molar-refractivity contribution in [2.45, 2.75) is 38.8 Å². The van der Waals surface area contributed by atoms with Gasteiger partial charge in [-0.2, -0.15) is 11.8 Å². The Hall–Kier alpha value is -0.670. The third kappa shape index (κ3) is 4.54. The standard InChI is InChI=1S/C15H26N2S/c1-5-14(11-18-4)17(3)15-8-6-13(7-9-15)10-12(2)16/h6-9,12,14H,5,10-11,16H2,1-4H3. The van der Waals surface area contributed by atoms with Gasteiger partial charge in [-0.05, 0) is 43.7 Å². The van der Waals surface area contributed by atoms with Gasteiger partial charge in [0.25, 0.3) is 0 Å². The molecule has 0 aromatic heterocycles. The number of hydrogen-bond acceptors (Lipinski definition) is 3. The van der Waals surface area contributed by atoms with Crippen LogP contribution in [-0.4, -0.2) is 31.1 Å². The summed E-state index contributed by atoms with van der Waals surface area (Å²) >= 11 is 1.91. The van der Waals surface area contributed by atoms with Crippen LogP contribution in [0.5, 0.6) is 0 Å². The average Bonchev–Trinajstić information content (AvgIpc) is 2.35. The van der Waals surface area contributed by atoms with Crippen LogP contribution in [0, 0.1) is 0 Å². The van der Waals surface area contributed by atoms with Gasteiger partial charge in [-0.25, -0.2) is 0 Å². The molecular formula is C15H26N2S. The zero-order valence-electron chi connectivity index (χ0n) is 12.0. The molecule has 0 saturated heterocycles. The Morgan fingerprint density at radius 2 is 1.89 bits per heavy atom. The summed E-state index contributed by atoms with van der Waals surface area (Å²) in [6.45, 7) is 4.30. The molecule has 0 spiro atoms. The number of rotatable bonds is 7. The van der Waals surface area contributed by atoms with Gasteiger partial charge in [0.15, 0.2) is 0 Å². The third-order valence-corrected chi connectivity index (χ3v) is 4.00. The Balaban J connectivity index is 2.71. The van der Waals surface area contributed by atoms with Crippen LogP contribution in [0.4, 0.5) is 5.69 Å². The monoisotopic (exact) mass is 266 g/mol. The molecule has 0 bridgehead atoms. The molecule has 0 aliphatic carbocycles. The largest absolute Gasteiger partial charge is 0.371 e. The fraction of sp³-hybridized carbons (Fsp3) is 0.600. The van der Waals surface area contributed by atoms with E-state index in [0.29, 0.717) is 6.04 Å². The highest BCUT2D eigenvalue weighted by atomic mass is 32.2. The normalized spacial score (nSPS) is 14.3. The molecule has 18 heavy (non-hydrogen) atoms. The molecule has 3 heteroatoms. The Kier molecular flexibility index (Phi) is 6.58. The highest BCUT2D eigenvalue weighted by Gasteiger charge is 2.12. The molecule has 0 saturated carbocycles. The Morgan fingerprint density at radius 3 is 2.33 bits per heavy atom. The molecule has 1 aromatic carbocycles. The van der Waals surface area contributed by atoms with Crippen LogP contribution < -0.4 is 10.6 Å². The van der Waals surface area contributed by atoms with E-state index in [9.17, 15) is 0 Å². The van der Waals surface area contributed by atoms with E-state index >= 15 is 0 Å². The first-order valence-electron chi connectivity index (χ1n) is 6.64. The van der Waals surface area contributed by atoms with Crippen molar-refractivity contribution >= 4 is 17.4 Å². The molecule has 0 radical (unpaired) electrons. The number of thioether (sulfide) groups is 1. The van der Waals surface area contributed by atoms with Crippen molar-refractivity contribution in [1.82, 2.24) is 0 Å². The van der Waals surface area contributed by atoms with E-state index in [1.807, 2.05) is 18.7 Å². The Morgan fingerprint density at radius 1 is 1.28 bits per heavy atom. The van der Waals surface area contributed by atoms with Gasteiger partial charge in [-0.3, -0.25) is 0 Å². The minimum atomic E-state index is 0.230. The van der Waals surface area contributed by atoms with Crippen molar-refractivity contribution in [3.63, 3.8) is 0 Å². The van der Waals surface area contributed by atoms with Gasteiger partial charge < -0.3 is 10.6 Å². The number of nitrogens with two attached hydrogens (primary N) is 1. The van der Waals surface area contributed by atoms with Gasteiger partial charge in [0, 0.05) is 30.6 Å². The predicted molar refractivity (Wildman–Crippen MR) is 84.7 cm³/mol. The highest BCUT2D eigenvalue weighted by molar-refractivity contribution is 7.98. The number of hydrogen-bond donors (Lipinski definition) is 1. The third-order valence-electron chi connectivity index (χ3n) is 3.28. The second-order valence-corrected chi connectivity index (χ2v) is 5.89. The van der Waals surface area contributed by atoms with Gasteiger partial charge in [0.1, 0.15) is 0 Å². The van der Waals surface area contributed by atoms with Crippen molar-refractivity contribution in [2.24, 2.45) is 5.73 Å². The van der Waals surface area contributed by atoms with Crippen molar-refractivity contribution in [2.75, 3.05) is 24.0 Å². The van der Waals surface area contributed by atoms with Gasteiger partial charge in [-0.1, -0.05) is 19.1 Å². The van der Waals surface area contributed by atoms with E-state index in [2.05, 4.69) is 49.4 Å². The molecule has 2 unspecified atom stereocenters. The van der Waals surface area contributed by atoms with Crippen LogP contribution >= 0.6 is 11.8 Å².